The van der Waals surface area contributed by atoms with Crippen molar-refractivity contribution < 1.29 is 37.9 Å². The van der Waals surface area contributed by atoms with Crippen molar-refractivity contribution in [2.75, 3.05) is 79.3 Å². The molecule has 4 fully saturated rings. The first-order chi connectivity index (χ1) is 26.4. The summed E-state index contributed by atoms with van der Waals surface area (Å²) in [5.74, 6) is 0. The lowest BCUT2D eigenvalue weighted by Crippen LogP contribution is -2.45. The quantitative estimate of drug-likeness (QED) is 0.107. The summed E-state index contributed by atoms with van der Waals surface area (Å²) in [6.07, 6.45) is 4.46. The number of ether oxygens (including phenoxy) is 8. The van der Waals surface area contributed by atoms with Crippen LogP contribution in [0.1, 0.15) is 75.6 Å². The molecule has 8 nitrogen and oxygen atoms in total. The molecule has 3 aromatic rings. The average molecular weight is 745 g/mol. The molecule has 4 aliphatic heterocycles. The lowest BCUT2D eigenvalue weighted by Gasteiger charge is -2.40. The maximum absolute atomic E-state index is 5.96. The molecule has 0 N–H and O–H groups in total. The Labute approximate surface area is 324 Å². The van der Waals surface area contributed by atoms with Gasteiger partial charge in [0.05, 0.1) is 106 Å². The van der Waals surface area contributed by atoms with E-state index in [1.54, 1.807) is 0 Å². The van der Waals surface area contributed by atoms with Gasteiger partial charge in [-0.15, -0.1) is 0 Å². The van der Waals surface area contributed by atoms with Gasteiger partial charge in [0.1, 0.15) is 0 Å². The van der Waals surface area contributed by atoms with Crippen LogP contribution in [0.4, 0.5) is 0 Å². The summed E-state index contributed by atoms with van der Waals surface area (Å²) in [5.41, 5.74) is 8.29. The minimum absolute atomic E-state index is 0.244. The highest BCUT2D eigenvalue weighted by Crippen LogP contribution is 2.34. The molecule has 4 aliphatic rings. The van der Waals surface area contributed by atoms with Crippen LogP contribution in [0.2, 0.25) is 0 Å². The van der Waals surface area contributed by atoms with Gasteiger partial charge in [-0.2, -0.15) is 0 Å². The third-order valence-electron chi connectivity index (χ3n) is 12.2. The van der Waals surface area contributed by atoms with E-state index >= 15 is 0 Å². The van der Waals surface area contributed by atoms with Crippen LogP contribution in [-0.4, -0.2) is 79.3 Å². The second-order valence-electron chi connectivity index (χ2n) is 16.6. The van der Waals surface area contributed by atoms with Gasteiger partial charge in [-0.25, -0.2) is 0 Å². The van der Waals surface area contributed by atoms with Gasteiger partial charge in [0.2, 0.25) is 0 Å². The van der Waals surface area contributed by atoms with Crippen LogP contribution < -0.4 is 0 Å². The zero-order valence-corrected chi connectivity index (χ0v) is 33.3. The van der Waals surface area contributed by atoms with Gasteiger partial charge >= 0.3 is 0 Å². The van der Waals surface area contributed by atoms with Crippen molar-refractivity contribution in [3.8, 4) is 11.1 Å². The summed E-state index contributed by atoms with van der Waals surface area (Å²) in [7, 11) is 0. The number of rotatable bonds is 21. The summed E-state index contributed by atoms with van der Waals surface area (Å²) in [6.45, 7) is 21.3. The molecular formula is C46H64O8. The van der Waals surface area contributed by atoms with Crippen LogP contribution >= 0.6 is 0 Å². The number of hydrogen-bond acceptors (Lipinski definition) is 8. The zero-order chi connectivity index (χ0) is 37.7. The summed E-state index contributed by atoms with van der Waals surface area (Å²) in [6, 6.07) is 25.9. The molecule has 4 heterocycles. The Morgan fingerprint density at radius 1 is 0.352 bits per heavy atom. The van der Waals surface area contributed by atoms with Crippen LogP contribution in [0, 0.1) is 21.7 Å². The van der Waals surface area contributed by atoms with Crippen molar-refractivity contribution in [1.82, 2.24) is 0 Å². The van der Waals surface area contributed by atoms with Crippen molar-refractivity contribution >= 4 is 0 Å². The molecule has 296 valence electrons. The van der Waals surface area contributed by atoms with E-state index < -0.39 is 0 Å². The largest absolute Gasteiger partial charge is 0.380 e. The molecule has 0 aliphatic carbocycles. The predicted octanol–water partition coefficient (Wildman–Crippen LogP) is 8.81. The van der Waals surface area contributed by atoms with E-state index in [2.05, 4.69) is 100 Å². The van der Waals surface area contributed by atoms with E-state index in [9.17, 15) is 0 Å². The van der Waals surface area contributed by atoms with E-state index in [1.807, 2.05) is 0 Å². The molecule has 0 saturated carbocycles. The first-order valence-corrected chi connectivity index (χ1v) is 20.2. The summed E-state index contributed by atoms with van der Waals surface area (Å²) in [4.78, 5) is 0. The van der Waals surface area contributed by atoms with E-state index in [4.69, 9.17) is 37.9 Å². The SMILES string of the molecule is CCC1(COCc2ccc(-c3ccc(COCC4(CC)COC4)cc3)cc2)COC1.CCC1(COCc2ccc(COCC3(CC)COC3)cc2)COC1. The van der Waals surface area contributed by atoms with Crippen LogP contribution in [-0.2, 0) is 64.3 Å². The number of hydrogen-bond donors (Lipinski definition) is 0. The van der Waals surface area contributed by atoms with Crippen molar-refractivity contribution in [3.05, 3.63) is 95.1 Å². The monoisotopic (exact) mass is 744 g/mol. The lowest BCUT2D eigenvalue weighted by molar-refractivity contribution is -0.152. The van der Waals surface area contributed by atoms with Crippen LogP contribution in [0.15, 0.2) is 72.8 Å². The summed E-state index contributed by atoms with van der Waals surface area (Å²) in [5, 5.41) is 0. The third-order valence-corrected chi connectivity index (χ3v) is 12.2. The third kappa shape index (κ3) is 10.8. The average Bonchev–Trinajstić information content (AvgIpc) is 3.14. The van der Waals surface area contributed by atoms with Gasteiger partial charge < -0.3 is 37.9 Å². The first kappa shape index (κ1) is 41.0. The molecule has 0 aromatic heterocycles. The molecule has 8 heteroatoms. The summed E-state index contributed by atoms with van der Waals surface area (Å²) >= 11 is 0. The van der Waals surface area contributed by atoms with E-state index in [-0.39, 0.29) is 21.7 Å². The smallest absolute Gasteiger partial charge is 0.0717 e. The minimum Gasteiger partial charge on any atom is -0.380 e. The van der Waals surface area contributed by atoms with Gasteiger partial charge in [0.15, 0.2) is 0 Å². The normalized spacial score (nSPS) is 20.0. The van der Waals surface area contributed by atoms with Gasteiger partial charge in [0, 0.05) is 21.7 Å². The second-order valence-corrected chi connectivity index (χ2v) is 16.6. The Bertz CT molecular complexity index is 1380. The highest BCUT2D eigenvalue weighted by molar-refractivity contribution is 5.63. The van der Waals surface area contributed by atoms with Gasteiger partial charge in [-0.1, -0.05) is 100 Å². The van der Waals surface area contributed by atoms with Gasteiger partial charge in [0.25, 0.3) is 0 Å². The van der Waals surface area contributed by atoms with E-state index in [0.29, 0.717) is 26.4 Å². The molecule has 0 atom stereocenters. The Hall–Kier alpha value is -2.66. The van der Waals surface area contributed by atoms with Crippen LogP contribution in [0.3, 0.4) is 0 Å². The van der Waals surface area contributed by atoms with Crippen LogP contribution in [0.25, 0.3) is 11.1 Å². The molecule has 0 unspecified atom stereocenters. The number of benzene rings is 3. The Morgan fingerprint density at radius 3 is 0.722 bits per heavy atom. The second kappa shape index (κ2) is 19.5. The molecule has 0 spiro atoms. The highest BCUT2D eigenvalue weighted by Gasteiger charge is 2.39. The molecule has 0 bridgehead atoms. The molecule has 7 rings (SSSR count). The first-order valence-electron chi connectivity index (χ1n) is 20.2. The lowest BCUT2D eigenvalue weighted by atomic mass is 9.84. The Kier molecular flexibility index (Phi) is 14.8. The van der Waals surface area contributed by atoms with Gasteiger partial charge in [-0.3, -0.25) is 0 Å². The van der Waals surface area contributed by atoms with E-state index in [0.717, 1.165) is 105 Å². The van der Waals surface area contributed by atoms with E-state index in [1.165, 1.54) is 33.4 Å². The Morgan fingerprint density at radius 2 is 0.556 bits per heavy atom. The standard InChI is InChI=1S/C26H34O4.C20H30O4/c1-3-25(17-29-18-25)15-27-13-21-5-9-23(10-6-21)24-11-7-22(8-12-24)14-28-16-26(4-2)19-30-20-26;1-3-19(13-23-14-19)11-21-9-17-5-7-18(8-6-17)10-22-12-20(4-2)15-24-16-20/h5-12H,3-4,13-20H2,1-2H3;5-8H,3-4,9-16H2,1-2H3. The van der Waals surface area contributed by atoms with Crippen LogP contribution in [0.5, 0.6) is 0 Å². The zero-order valence-electron chi connectivity index (χ0n) is 33.3. The minimum atomic E-state index is 0.244. The van der Waals surface area contributed by atoms with Crippen molar-refractivity contribution in [2.45, 2.75) is 79.8 Å². The fraction of sp³-hybridized carbons (Fsp3) is 0.609. The molecule has 0 radical (unpaired) electrons. The van der Waals surface area contributed by atoms with Gasteiger partial charge in [-0.05, 0) is 59.1 Å². The predicted molar refractivity (Wildman–Crippen MR) is 211 cm³/mol. The fourth-order valence-electron chi connectivity index (χ4n) is 6.98. The highest BCUT2D eigenvalue weighted by atomic mass is 16.5. The maximum atomic E-state index is 5.96. The maximum Gasteiger partial charge on any atom is 0.0717 e. The molecule has 3 aromatic carbocycles. The van der Waals surface area contributed by atoms with Crippen molar-refractivity contribution in [1.29, 1.82) is 0 Å². The topological polar surface area (TPSA) is 73.8 Å². The molecule has 54 heavy (non-hydrogen) atoms. The van der Waals surface area contributed by atoms with Crippen molar-refractivity contribution in [3.63, 3.8) is 0 Å². The Balaban J connectivity index is 0.000000189. The summed E-state index contributed by atoms with van der Waals surface area (Å²) < 4.78 is 45.1. The molecular weight excluding hydrogens is 680 g/mol. The fourth-order valence-corrected chi connectivity index (χ4v) is 6.98. The molecule has 4 saturated heterocycles. The molecule has 0 amide bonds. The van der Waals surface area contributed by atoms with Crippen molar-refractivity contribution in [2.24, 2.45) is 21.7 Å².